The van der Waals surface area contributed by atoms with Crippen molar-refractivity contribution >= 4 is 11.5 Å². The zero-order valence-corrected chi connectivity index (χ0v) is 17.4. The van der Waals surface area contributed by atoms with E-state index in [1.165, 1.54) is 6.07 Å². The third kappa shape index (κ3) is 4.75. The van der Waals surface area contributed by atoms with E-state index in [2.05, 4.69) is 5.32 Å². The molecule has 1 fully saturated rings. The van der Waals surface area contributed by atoms with Crippen molar-refractivity contribution in [2.75, 3.05) is 26.2 Å². The molecular formula is C24H27F3N2O. The van der Waals surface area contributed by atoms with Crippen molar-refractivity contribution in [2.24, 2.45) is 0 Å². The molecule has 0 aromatic heterocycles. The van der Waals surface area contributed by atoms with Gasteiger partial charge >= 0.3 is 6.18 Å². The molecule has 2 aromatic rings. The number of halogens is 3. The van der Waals surface area contributed by atoms with E-state index < -0.39 is 11.7 Å². The molecule has 3 rings (SSSR count). The fourth-order valence-electron chi connectivity index (χ4n) is 3.95. The number of hydrogen-bond acceptors (Lipinski definition) is 2. The first-order valence-electron chi connectivity index (χ1n) is 10.4. The highest BCUT2D eigenvalue weighted by Crippen LogP contribution is 2.39. The molecule has 0 radical (unpaired) electrons. The molecule has 1 aliphatic heterocycles. The van der Waals surface area contributed by atoms with Gasteiger partial charge in [-0.1, -0.05) is 35.9 Å². The van der Waals surface area contributed by atoms with E-state index in [-0.39, 0.29) is 11.5 Å². The Bertz CT molecular complexity index is 905. The number of amides is 1. The van der Waals surface area contributed by atoms with Gasteiger partial charge in [0.15, 0.2) is 0 Å². The van der Waals surface area contributed by atoms with Gasteiger partial charge in [0.1, 0.15) is 0 Å². The smallest absolute Gasteiger partial charge is 0.339 e. The van der Waals surface area contributed by atoms with Gasteiger partial charge in [-0.05, 0) is 74.7 Å². The van der Waals surface area contributed by atoms with Crippen LogP contribution in [0.4, 0.5) is 13.2 Å². The molecule has 6 heteroatoms. The Hall–Kier alpha value is -2.60. The number of hydrogen-bond donors (Lipinski definition) is 1. The highest BCUT2D eigenvalue weighted by molar-refractivity contribution is 5.95. The topological polar surface area (TPSA) is 32.3 Å². The minimum atomic E-state index is -4.44. The lowest BCUT2D eigenvalue weighted by atomic mass is 9.86. The predicted octanol–water partition coefficient (Wildman–Crippen LogP) is 5.37. The number of carbonyl (C=O) groups excluding carboxylic acids is 1. The van der Waals surface area contributed by atoms with Crippen LogP contribution in [0.25, 0.3) is 5.57 Å². The first-order valence-corrected chi connectivity index (χ1v) is 10.4. The highest BCUT2D eigenvalue weighted by Gasteiger charge is 2.34. The van der Waals surface area contributed by atoms with Crippen LogP contribution in [-0.2, 0) is 6.18 Å². The zero-order chi connectivity index (χ0) is 21.7. The Morgan fingerprint density at radius 1 is 0.933 bits per heavy atom. The summed E-state index contributed by atoms with van der Waals surface area (Å²) in [6.45, 7) is 6.54. The van der Waals surface area contributed by atoms with Crippen LogP contribution in [0, 0.1) is 0 Å². The molecule has 0 spiro atoms. The van der Waals surface area contributed by atoms with Gasteiger partial charge in [-0.2, -0.15) is 13.2 Å². The van der Waals surface area contributed by atoms with Gasteiger partial charge in [0.05, 0.1) is 5.56 Å². The van der Waals surface area contributed by atoms with Gasteiger partial charge in [0.2, 0.25) is 0 Å². The molecule has 2 aromatic carbocycles. The second kappa shape index (κ2) is 9.47. The van der Waals surface area contributed by atoms with Crippen LogP contribution in [0.1, 0.15) is 53.7 Å². The van der Waals surface area contributed by atoms with Gasteiger partial charge < -0.3 is 10.2 Å². The molecule has 1 heterocycles. The highest BCUT2D eigenvalue weighted by atomic mass is 19.4. The summed E-state index contributed by atoms with van der Waals surface area (Å²) in [5.41, 5.74) is 2.46. The molecule has 1 N–H and O–H groups in total. The van der Waals surface area contributed by atoms with Crippen molar-refractivity contribution < 1.29 is 18.0 Å². The molecule has 0 unspecified atom stereocenters. The van der Waals surface area contributed by atoms with Crippen LogP contribution in [-0.4, -0.2) is 37.0 Å². The predicted molar refractivity (Wildman–Crippen MR) is 113 cm³/mol. The lowest BCUT2D eigenvalue weighted by molar-refractivity contribution is -0.137. The lowest BCUT2D eigenvalue weighted by Crippen LogP contribution is -2.30. The molecule has 1 amide bonds. The molecule has 0 bridgehead atoms. The Kier molecular flexibility index (Phi) is 6.98. The summed E-state index contributed by atoms with van der Waals surface area (Å²) in [4.78, 5) is 14.3. The van der Waals surface area contributed by atoms with Gasteiger partial charge in [-0.25, -0.2) is 0 Å². The van der Waals surface area contributed by atoms with Crippen molar-refractivity contribution in [2.45, 2.75) is 32.9 Å². The van der Waals surface area contributed by atoms with E-state index in [1.807, 2.05) is 13.8 Å². The third-order valence-electron chi connectivity index (χ3n) is 5.53. The maximum absolute atomic E-state index is 13.7. The van der Waals surface area contributed by atoms with Crippen molar-refractivity contribution in [1.82, 2.24) is 10.2 Å². The summed E-state index contributed by atoms with van der Waals surface area (Å²) in [5.74, 6) is -0.0710. The molecule has 0 saturated carbocycles. The molecule has 30 heavy (non-hydrogen) atoms. The third-order valence-corrected chi connectivity index (χ3v) is 5.53. The summed E-state index contributed by atoms with van der Waals surface area (Å²) in [6.07, 6.45) is -3.04. The van der Waals surface area contributed by atoms with Crippen molar-refractivity contribution in [3.05, 3.63) is 76.4 Å². The number of carbonyl (C=O) groups is 1. The van der Waals surface area contributed by atoms with Crippen LogP contribution in [0.3, 0.4) is 0 Å². The SMILES string of the molecule is CCN(CC)C(=O)c1ccc(C(=C2CCNCC2)c2ccccc2C(F)(F)F)cc1. The van der Waals surface area contributed by atoms with Gasteiger partial charge in [0, 0.05) is 18.7 Å². The number of benzene rings is 2. The van der Waals surface area contributed by atoms with Crippen LogP contribution >= 0.6 is 0 Å². The molecular weight excluding hydrogens is 389 g/mol. The van der Waals surface area contributed by atoms with Gasteiger partial charge in [0.25, 0.3) is 5.91 Å². The summed E-state index contributed by atoms with van der Waals surface area (Å²) >= 11 is 0. The van der Waals surface area contributed by atoms with Crippen LogP contribution in [0.15, 0.2) is 54.1 Å². The van der Waals surface area contributed by atoms with E-state index in [1.54, 1.807) is 41.3 Å². The standard InChI is InChI=1S/C24H27F3N2O/c1-3-29(4-2)23(30)19-11-9-17(10-12-19)22(18-13-15-28-16-14-18)20-7-5-6-8-21(20)24(25,26)27/h5-12,28H,3-4,13-16H2,1-2H3. The zero-order valence-electron chi connectivity index (χ0n) is 17.4. The molecule has 1 saturated heterocycles. The Labute approximate surface area is 175 Å². The minimum Gasteiger partial charge on any atom is -0.339 e. The van der Waals surface area contributed by atoms with Gasteiger partial charge in [-0.15, -0.1) is 0 Å². The lowest BCUT2D eigenvalue weighted by Gasteiger charge is -2.24. The van der Waals surface area contributed by atoms with E-state index in [0.29, 0.717) is 42.6 Å². The normalized spacial score (nSPS) is 14.5. The van der Waals surface area contributed by atoms with E-state index >= 15 is 0 Å². The van der Waals surface area contributed by atoms with Crippen LogP contribution in [0.2, 0.25) is 0 Å². The molecule has 1 aliphatic rings. The number of rotatable bonds is 5. The van der Waals surface area contributed by atoms with E-state index in [9.17, 15) is 18.0 Å². The molecule has 160 valence electrons. The number of nitrogens with zero attached hydrogens (tertiary/aromatic N) is 1. The molecule has 0 aliphatic carbocycles. The summed E-state index contributed by atoms with van der Waals surface area (Å²) in [6, 6.07) is 12.7. The molecule has 0 atom stereocenters. The molecule has 3 nitrogen and oxygen atoms in total. The average Bonchev–Trinajstić information content (AvgIpc) is 2.76. The van der Waals surface area contributed by atoms with Gasteiger partial charge in [-0.3, -0.25) is 4.79 Å². The first kappa shape index (κ1) is 22.1. The van der Waals surface area contributed by atoms with Crippen molar-refractivity contribution in [3.8, 4) is 0 Å². The Morgan fingerprint density at radius 3 is 2.07 bits per heavy atom. The maximum Gasteiger partial charge on any atom is 0.417 e. The Morgan fingerprint density at radius 2 is 1.50 bits per heavy atom. The fraction of sp³-hybridized carbons (Fsp3) is 0.375. The number of piperidine rings is 1. The van der Waals surface area contributed by atoms with Crippen LogP contribution < -0.4 is 5.32 Å². The number of alkyl halides is 3. The largest absolute Gasteiger partial charge is 0.417 e. The second-order valence-corrected chi connectivity index (χ2v) is 7.33. The summed E-state index contributed by atoms with van der Waals surface area (Å²) < 4.78 is 41.2. The Balaban J connectivity index is 2.09. The monoisotopic (exact) mass is 416 g/mol. The fourth-order valence-corrected chi connectivity index (χ4v) is 3.95. The first-order chi connectivity index (χ1) is 14.4. The quantitative estimate of drug-likeness (QED) is 0.710. The van der Waals surface area contributed by atoms with Crippen molar-refractivity contribution in [3.63, 3.8) is 0 Å². The summed E-state index contributed by atoms with van der Waals surface area (Å²) in [5, 5.41) is 3.26. The maximum atomic E-state index is 13.7. The van der Waals surface area contributed by atoms with E-state index in [0.717, 1.165) is 24.7 Å². The minimum absolute atomic E-state index is 0.0710. The second-order valence-electron chi connectivity index (χ2n) is 7.33. The average molecular weight is 416 g/mol. The number of nitrogens with one attached hydrogen (secondary N) is 1. The van der Waals surface area contributed by atoms with E-state index in [4.69, 9.17) is 0 Å². The van der Waals surface area contributed by atoms with Crippen molar-refractivity contribution in [1.29, 1.82) is 0 Å². The summed E-state index contributed by atoms with van der Waals surface area (Å²) in [7, 11) is 0. The van der Waals surface area contributed by atoms with Crippen LogP contribution in [0.5, 0.6) is 0 Å².